The topological polar surface area (TPSA) is 101 Å². The Morgan fingerprint density at radius 1 is 1.42 bits per heavy atom. The standard InChI is InChI=1S/C11H14BrN3O3S/c12-9-5-7(13)1-4-10(9)19(17,18)14-6-11(16)15-8-2-3-8/h1,4-5,8,14H,2-3,6,13H2,(H,15,16). The molecule has 0 bridgehead atoms. The van der Waals surface area contributed by atoms with Crippen molar-refractivity contribution in [1.29, 1.82) is 0 Å². The number of hydrogen-bond acceptors (Lipinski definition) is 4. The highest BCUT2D eigenvalue weighted by Gasteiger charge is 2.24. The normalized spacial score (nSPS) is 15.2. The van der Waals surface area contributed by atoms with Crippen LogP contribution in [0.1, 0.15) is 12.8 Å². The summed E-state index contributed by atoms with van der Waals surface area (Å²) in [6, 6.07) is 4.59. The number of halogens is 1. The molecule has 6 nitrogen and oxygen atoms in total. The van der Waals surface area contributed by atoms with Crippen molar-refractivity contribution in [1.82, 2.24) is 10.0 Å². The highest BCUT2D eigenvalue weighted by atomic mass is 79.9. The van der Waals surface area contributed by atoms with Gasteiger partial charge in [0.25, 0.3) is 0 Å². The van der Waals surface area contributed by atoms with Gasteiger partial charge in [0, 0.05) is 16.2 Å². The van der Waals surface area contributed by atoms with Gasteiger partial charge in [-0.05, 0) is 47.0 Å². The number of nitrogens with two attached hydrogens (primary N) is 1. The number of nitrogen functional groups attached to an aromatic ring is 1. The molecule has 0 heterocycles. The Morgan fingerprint density at radius 2 is 2.11 bits per heavy atom. The Hall–Kier alpha value is -1.12. The first-order valence-corrected chi connectivity index (χ1v) is 8.00. The number of hydrogen-bond donors (Lipinski definition) is 3. The molecule has 104 valence electrons. The zero-order chi connectivity index (χ0) is 14.0. The number of nitrogens with one attached hydrogen (secondary N) is 2. The molecular weight excluding hydrogens is 334 g/mol. The molecule has 0 aliphatic heterocycles. The lowest BCUT2D eigenvalue weighted by atomic mass is 10.3. The van der Waals surface area contributed by atoms with E-state index >= 15 is 0 Å². The van der Waals surface area contributed by atoms with Gasteiger partial charge in [-0.15, -0.1) is 0 Å². The van der Waals surface area contributed by atoms with Gasteiger partial charge in [0.1, 0.15) is 0 Å². The number of benzene rings is 1. The summed E-state index contributed by atoms with van der Waals surface area (Å²) >= 11 is 3.14. The van der Waals surface area contributed by atoms with E-state index in [4.69, 9.17) is 5.73 Å². The van der Waals surface area contributed by atoms with E-state index in [9.17, 15) is 13.2 Å². The minimum atomic E-state index is -3.73. The van der Waals surface area contributed by atoms with E-state index < -0.39 is 10.0 Å². The van der Waals surface area contributed by atoms with Crippen molar-refractivity contribution in [3.05, 3.63) is 22.7 Å². The molecule has 0 atom stereocenters. The number of rotatable bonds is 5. The first-order valence-electron chi connectivity index (χ1n) is 5.72. The minimum Gasteiger partial charge on any atom is -0.399 e. The van der Waals surface area contributed by atoms with Gasteiger partial charge in [0.2, 0.25) is 15.9 Å². The van der Waals surface area contributed by atoms with Crippen LogP contribution in [0.25, 0.3) is 0 Å². The van der Waals surface area contributed by atoms with E-state index in [0.29, 0.717) is 10.2 Å². The van der Waals surface area contributed by atoms with Crippen molar-refractivity contribution >= 4 is 37.5 Å². The van der Waals surface area contributed by atoms with Gasteiger partial charge in [0.15, 0.2) is 0 Å². The number of sulfonamides is 1. The summed E-state index contributed by atoms with van der Waals surface area (Å²) in [6.07, 6.45) is 1.92. The van der Waals surface area contributed by atoms with Crippen molar-refractivity contribution < 1.29 is 13.2 Å². The second-order valence-corrected chi connectivity index (χ2v) is 6.95. The lowest BCUT2D eigenvalue weighted by molar-refractivity contribution is -0.120. The summed E-state index contributed by atoms with van der Waals surface area (Å²) in [5.74, 6) is -0.322. The van der Waals surface area contributed by atoms with Gasteiger partial charge >= 0.3 is 0 Å². The molecular formula is C11H14BrN3O3S. The van der Waals surface area contributed by atoms with Crippen LogP contribution in [0.5, 0.6) is 0 Å². The molecule has 1 aromatic rings. The van der Waals surface area contributed by atoms with Gasteiger partial charge in [-0.1, -0.05) is 0 Å². The fourth-order valence-electron chi connectivity index (χ4n) is 1.48. The quantitative estimate of drug-likeness (QED) is 0.678. The predicted molar refractivity (Wildman–Crippen MR) is 74.9 cm³/mol. The van der Waals surface area contributed by atoms with E-state index in [2.05, 4.69) is 26.0 Å². The number of anilines is 1. The van der Waals surface area contributed by atoms with E-state index in [-0.39, 0.29) is 23.4 Å². The number of carbonyl (C=O) groups is 1. The molecule has 8 heteroatoms. The fourth-order valence-corrected chi connectivity index (χ4v) is 3.55. The third-order valence-electron chi connectivity index (χ3n) is 2.61. The Balaban J connectivity index is 2.02. The second-order valence-electron chi connectivity index (χ2n) is 4.36. The van der Waals surface area contributed by atoms with Gasteiger partial charge in [-0.3, -0.25) is 4.79 Å². The van der Waals surface area contributed by atoms with Crippen LogP contribution in [0, 0.1) is 0 Å². The SMILES string of the molecule is Nc1ccc(S(=O)(=O)NCC(=O)NC2CC2)c(Br)c1. The van der Waals surface area contributed by atoms with Gasteiger partial charge in [-0.2, -0.15) is 0 Å². The van der Waals surface area contributed by atoms with Crippen LogP contribution in [0.3, 0.4) is 0 Å². The van der Waals surface area contributed by atoms with Crippen LogP contribution in [0.15, 0.2) is 27.6 Å². The zero-order valence-electron chi connectivity index (χ0n) is 10.0. The molecule has 1 fully saturated rings. The molecule has 19 heavy (non-hydrogen) atoms. The summed E-state index contributed by atoms with van der Waals surface area (Å²) in [6.45, 7) is -0.268. The van der Waals surface area contributed by atoms with Gasteiger partial charge < -0.3 is 11.1 Å². The van der Waals surface area contributed by atoms with Crippen LogP contribution in [-0.4, -0.2) is 26.9 Å². The molecule has 0 radical (unpaired) electrons. The molecule has 0 spiro atoms. The van der Waals surface area contributed by atoms with Crippen LogP contribution in [0.4, 0.5) is 5.69 Å². The average Bonchev–Trinajstić information content (AvgIpc) is 3.10. The molecule has 0 unspecified atom stereocenters. The molecule has 1 aliphatic rings. The van der Waals surface area contributed by atoms with Crippen molar-refractivity contribution in [2.75, 3.05) is 12.3 Å². The molecule has 1 aliphatic carbocycles. The zero-order valence-corrected chi connectivity index (χ0v) is 12.4. The fraction of sp³-hybridized carbons (Fsp3) is 0.364. The Morgan fingerprint density at radius 3 is 2.68 bits per heavy atom. The Labute approximate surface area is 119 Å². The molecule has 0 saturated heterocycles. The van der Waals surface area contributed by atoms with Crippen LogP contribution in [0.2, 0.25) is 0 Å². The van der Waals surface area contributed by atoms with E-state index in [1.54, 1.807) is 0 Å². The van der Waals surface area contributed by atoms with E-state index in [0.717, 1.165) is 12.8 Å². The molecule has 0 aromatic heterocycles. The second kappa shape index (κ2) is 5.48. The minimum absolute atomic E-state index is 0.0564. The van der Waals surface area contributed by atoms with Crippen molar-refractivity contribution in [2.24, 2.45) is 0 Å². The van der Waals surface area contributed by atoms with E-state index in [1.165, 1.54) is 18.2 Å². The van der Waals surface area contributed by atoms with Crippen molar-refractivity contribution in [2.45, 2.75) is 23.8 Å². The van der Waals surface area contributed by atoms with Crippen LogP contribution < -0.4 is 15.8 Å². The van der Waals surface area contributed by atoms with Gasteiger partial charge in [-0.25, -0.2) is 13.1 Å². The molecule has 4 N–H and O–H groups in total. The highest BCUT2D eigenvalue weighted by molar-refractivity contribution is 9.10. The maximum atomic E-state index is 12.0. The lowest BCUT2D eigenvalue weighted by Crippen LogP contribution is -2.37. The Kier molecular flexibility index (Phi) is 4.12. The largest absolute Gasteiger partial charge is 0.399 e. The average molecular weight is 348 g/mol. The van der Waals surface area contributed by atoms with Crippen molar-refractivity contribution in [3.8, 4) is 0 Å². The first kappa shape index (κ1) is 14.3. The molecule has 2 rings (SSSR count). The molecule has 1 amide bonds. The number of amides is 1. The summed E-state index contributed by atoms with van der Waals surface area (Å²) in [5, 5.41) is 2.70. The van der Waals surface area contributed by atoms with Gasteiger partial charge in [0.05, 0.1) is 11.4 Å². The predicted octanol–water partition coefficient (Wildman–Crippen LogP) is 0.588. The Bertz CT molecular complexity index is 599. The third kappa shape index (κ3) is 3.92. The smallest absolute Gasteiger partial charge is 0.242 e. The monoisotopic (exact) mass is 347 g/mol. The lowest BCUT2D eigenvalue weighted by Gasteiger charge is -2.09. The summed E-state index contributed by atoms with van der Waals surface area (Å²) in [4.78, 5) is 11.5. The molecule has 1 saturated carbocycles. The highest BCUT2D eigenvalue weighted by Crippen LogP contribution is 2.24. The number of carbonyl (C=O) groups excluding carboxylic acids is 1. The third-order valence-corrected chi connectivity index (χ3v) is 4.99. The first-order chi connectivity index (χ1) is 8.88. The maximum absolute atomic E-state index is 12.0. The van der Waals surface area contributed by atoms with E-state index in [1.807, 2.05) is 0 Å². The van der Waals surface area contributed by atoms with Crippen molar-refractivity contribution in [3.63, 3.8) is 0 Å². The summed E-state index contributed by atoms with van der Waals surface area (Å²) < 4.78 is 26.6. The summed E-state index contributed by atoms with van der Waals surface area (Å²) in [5.41, 5.74) is 6.00. The maximum Gasteiger partial charge on any atom is 0.242 e. The van der Waals surface area contributed by atoms with Crippen LogP contribution >= 0.6 is 15.9 Å². The molecule has 1 aromatic carbocycles. The summed E-state index contributed by atoms with van der Waals surface area (Å²) in [7, 11) is -3.73. The van der Waals surface area contributed by atoms with Crippen LogP contribution in [-0.2, 0) is 14.8 Å².